The molecule has 2 atom stereocenters. The highest BCUT2D eigenvalue weighted by Gasteiger charge is 2.59. The van der Waals surface area contributed by atoms with E-state index in [0.717, 1.165) is 34.8 Å². The third-order valence-electron chi connectivity index (χ3n) is 14.3. The maximum absolute atomic E-state index is 12.9. The molecule has 0 radical (unpaired) electrons. The summed E-state index contributed by atoms with van der Waals surface area (Å²) >= 11 is 26.8. The highest BCUT2D eigenvalue weighted by Crippen LogP contribution is 2.50. The largest absolute Gasteiger partial charge is 0.425 e. The number of halogens is 4. The zero-order valence-corrected chi connectivity index (χ0v) is 44.9. The van der Waals surface area contributed by atoms with Crippen LogP contribution < -0.4 is 0 Å². The van der Waals surface area contributed by atoms with Gasteiger partial charge in [0.2, 0.25) is 36.4 Å². The maximum atomic E-state index is 12.9. The monoisotopic (exact) mass is 1090 g/mol. The second kappa shape index (κ2) is 21.1. The Morgan fingerprint density at radius 1 is 0.597 bits per heavy atom. The van der Waals surface area contributed by atoms with E-state index in [9.17, 15) is 19.2 Å². The van der Waals surface area contributed by atoms with E-state index >= 15 is 0 Å². The van der Waals surface area contributed by atoms with Crippen LogP contribution in [0, 0.1) is 21.7 Å². The van der Waals surface area contributed by atoms with Crippen molar-refractivity contribution in [2.45, 2.75) is 78.1 Å². The van der Waals surface area contributed by atoms with Gasteiger partial charge in [0.25, 0.3) is 11.8 Å². The number of carbonyl (C=O) groups excluding carboxylic acids is 4. The van der Waals surface area contributed by atoms with Crippen LogP contribution >= 0.6 is 69.1 Å². The number of benzene rings is 2. The van der Waals surface area contributed by atoms with Crippen molar-refractivity contribution < 1.29 is 28.0 Å². The molecule has 6 aromatic rings. The van der Waals surface area contributed by atoms with E-state index in [2.05, 4.69) is 58.1 Å². The molecule has 2 saturated carbocycles. The summed E-state index contributed by atoms with van der Waals surface area (Å²) in [5.41, 5.74) is 6.03. The molecule has 6 aliphatic rings. The number of aromatic nitrogens is 6. The van der Waals surface area contributed by atoms with Gasteiger partial charge in [0.15, 0.2) is 0 Å². The summed E-state index contributed by atoms with van der Waals surface area (Å²) in [6.45, 7) is 13.4. The van der Waals surface area contributed by atoms with Gasteiger partial charge in [0.05, 0.1) is 68.2 Å². The summed E-state index contributed by atoms with van der Waals surface area (Å²) in [7, 11) is 0. The van der Waals surface area contributed by atoms with Gasteiger partial charge in [-0.25, -0.2) is 0 Å². The molecule has 380 valence electrons. The van der Waals surface area contributed by atoms with Crippen molar-refractivity contribution in [1.29, 1.82) is 0 Å². The molecule has 2 aliphatic carbocycles. The molecular formula is C50H54Cl4N10O6S2. The van der Waals surface area contributed by atoms with E-state index in [4.69, 9.17) is 55.2 Å². The van der Waals surface area contributed by atoms with Gasteiger partial charge in [-0.05, 0) is 71.9 Å². The molecule has 72 heavy (non-hydrogen) atoms. The minimum atomic E-state index is -0.283. The lowest BCUT2D eigenvalue weighted by Crippen LogP contribution is -2.59. The molecule has 4 saturated heterocycles. The zero-order chi connectivity index (χ0) is 51.0. The normalized spacial score (nSPS) is 21.1. The average Bonchev–Trinajstić information content (AvgIpc) is 3.94. The lowest BCUT2D eigenvalue weighted by atomic mass is 9.72. The molecule has 16 nitrogen and oxygen atoms in total. The Morgan fingerprint density at radius 2 is 0.972 bits per heavy atom. The number of hydrogen-bond donors (Lipinski definition) is 0. The van der Waals surface area contributed by atoms with E-state index < -0.39 is 0 Å². The van der Waals surface area contributed by atoms with Gasteiger partial charge in [-0.2, -0.15) is 0 Å². The van der Waals surface area contributed by atoms with Crippen molar-refractivity contribution >= 4 is 93.7 Å². The van der Waals surface area contributed by atoms with Crippen molar-refractivity contribution in [2.75, 3.05) is 52.4 Å². The molecule has 22 heteroatoms. The molecular weight excluding hydrogens is 1040 g/mol. The fourth-order valence-corrected chi connectivity index (χ4v) is 11.1. The first-order valence-electron chi connectivity index (χ1n) is 23.6. The van der Waals surface area contributed by atoms with Crippen LogP contribution in [0.1, 0.15) is 119 Å². The van der Waals surface area contributed by atoms with Gasteiger partial charge in [0.1, 0.15) is 9.75 Å². The van der Waals surface area contributed by atoms with E-state index in [1.807, 2.05) is 12.1 Å². The predicted molar refractivity (Wildman–Crippen MR) is 275 cm³/mol. The first kappa shape index (κ1) is 51.9. The maximum Gasteiger partial charge on any atom is 0.265 e. The van der Waals surface area contributed by atoms with Crippen LogP contribution in [0.2, 0.25) is 20.1 Å². The molecule has 12 rings (SSSR count). The zero-order valence-electron chi connectivity index (χ0n) is 40.2. The second-order valence-electron chi connectivity index (χ2n) is 21.2. The molecule has 0 N–H and O–H groups in total. The van der Waals surface area contributed by atoms with E-state index in [0.29, 0.717) is 119 Å². The fraction of sp³-hybridized carbons (Fsp3) is 0.480. The van der Waals surface area contributed by atoms with Gasteiger partial charge in [-0.1, -0.05) is 86.2 Å². The van der Waals surface area contributed by atoms with Crippen LogP contribution in [-0.4, -0.2) is 127 Å². The number of hydrogen-bond acceptors (Lipinski definition) is 14. The van der Waals surface area contributed by atoms with E-state index in [1.54, 1.807) is 67.3 Å². The molecule has 8 heterocycles. The Bertz CT molecular complexity index is 2690. The van der Waals surface area contributed by atoms with E-state index in [-0.39, 0.29) is 34.5 Å². The number of rotatable bonds is 10. The van der Waals surface area contributed by atoms with Crippen LogP contribution in [0.3, 0.4) is 0 Å². The standard InChI is InChI=1S/2C20H17Cl2N5O3S.2C5H10/c2*21-14-2-1-12(3-15(14)22)4-17-24-25-18(30-17)13-6-27(19(29)16-5-23-10-31-16)9-20(13)7-26(8-20)11-28;2*1-5(2)3-4-5/h2*1-3,5,10-11,13H,4,6-9H2;2*3-4H2,1-2H3/t13-;;;/m1.../s1. The van der Waals surface area contributed by atoms with Gasteiger partial charge < -0.3 is 28.4 Å². The van der Waals surface area contributed by atoms with Gasteiger partial charge in [-0.3, -0.25) is 29.1 Å². The summed E-state index contributed by atoms with van der Waals surface area (Å²) < 4.78 is 12.0. The topological polar surface area (TPSA) is 185 Å². The van der Waals surface area contributed by atoms with Crippen molar-refractivity contribution in [1.82, 2.24) is 50.0 Å². The first-order chi connectivity index (χ1) is 34.4. The summed E-state index contributed by atoms with van der Waals surface area (Å²) in [5.74, 6) is 1.48. The number of carbonyl (C=O) groups is 4. The Hall–Kier alpha value is -4.98. The van der Waals surface area contributed by atoms with Crippen molar-refractivity contribution in [3.05, 3.63) is 124 Å². The summed E-state index contributed by atoms with van der Waals surface area (Å²) in [6, 6.07) is 10.7. The Labute approximate surface area is 445 Å². The molecule has 6 fully saturated rings. The third-order valence-corrected chi connectivity index (χ3v) is 17.3. The highest BCUT2D eigenvalue weighted by molar-refractivity contribution is 7.12. The average molecular weight is 1100 g/mol. The molecule has 2 aromatic carbocycles. The fourth-order valence-electron chi connectivity index (χ4n) is 9.30. The van der Waals surface area contributed by atoms with Crippen LogP contribution in [-0.2, 0) is 22.4 Å². The highest BCUT2D eigenvalue weighted by atomic mass is 35.5. The van der Waals surface area contributed by atoms with Crippen LogP contribution in [0.4, 0.5) is 0 Å². The molecule has 2 spiro atoms. The smallest absolute Gasteiger partial charge is 0.265 e. The number of amides is 4. The summed E-state index contributed by atoms with van der Waals surface area (Å²) in [6.07, 6.45) is 11.5. The van der Waals surface area contributed by atoms with Crippen molar-refractivity contribution in [3.63, 3.8) is 0 Å². The Balaban J connectivity index is 0.000000149. The molecule has 4 aliphatic heterocycles. The Morgan fingerprint density at radius 3 is 1.28 bits per heavy atom. The van der Waals surface area contributed by atoms with Crippen LogP contribution in [0.15, 0.2) is 68.6 Å². The number of thiazole rings is 2. The summed E-state index contributed by atoms with van der Waals surface area (Å²) in [4.78, 5) is 64.3. The SMILES string of the molecule is CC1(C)CC1.CC1(C)CC1.O=CN1CC2(C1)CN(C(=O)c1cncs1)CC2c1nnc(Cc2ccc(Cl)c(Cl)c2)o1.O=CN1CC2(C1)CN(C(=O)c1cncs1)C[C@@H]2c1nnc(Cc2ccc(Cl)c(Cl)c2)o1. The van der Waals surface area contributed by atoms with Crippen molar-refractivity contribution in [2.24, 2.45) is 21.7 Å². The second-order valence-corrected chi connectivity index (χ2v) is 24.6. The molecule has 4 amide bonds. The first-order valence-corrected chi connectivity index (χ1v) is 26.9. The van der Waals surface area contributed by atoms with Gasteiger partial charge >= 0.3 is 0 Å². The molecule has 1 unspecified atom stereocenters. The number of likely N-dealkylation sites (tertiary alicyclic amines) is 4. The predicted octanol–water partition coefficient (Wildman–Crippen LogP) is 9.86. The third kappa shape index (κ3) is 12.0. The van der Waals surface area contributed by atoms with Crippen LogP contribution in [0.25, 0.3) is 0 Å². The van der Waals surface area contributed by atoms with E-state index in [1.165, 1.54) is 48.4 Å². The minimum absolute atomic E-state index is 0.0653. The quantitative estimate of drug-likeness (QED) is 0.119. The molecule has 0 bridgehead atoms. The minimum Gasteiger partial charge on any atom is -0.425 e. The molecule has 4 aromatic heterocycles. The number of nitrogens with zero attached hydrogens (tertiary/aromatic N) is 10. The summed E-state index contributed by atoms with van der Waals surface area (Å²) in [5, 5.41) is 18.9. The van der Waals surface area contributed by atoms with Gasteiger partial charge in [-0.15, -0.1) is 43.1 Å². The van der Waals surface area contributed by atoms with Crippen LogP contribution in [0.5, 0.6) is 0 Å². The Kier molecular flexibility index (Phi) is 15.2. The van der Waals surface area contributed by atoms with Gasteiger partial charge in [0, 0.05) is 63.2 Å². The lowest BCUT2D eigenvalue weighted by Gasteiger charge is -2.48. The lowest BCUT2D eigenvalue weighted by molar-refractivity contribution is -0.130. The van der Waals surface area contributed by atoms with Crippen molar-refractivity contribution in [3.8, 4) is 0 Å².